The van der Waals surface area contributed by atoms with Crippen molar-refractivity contribution in [1.82, 2.24) is 24.5 Å². The van der Waals surface area contributed by atoms with Crippen LogP contribution in [-0.2, 0) is 4.74 Å². The summed E-state index contributed by atoms with van der Waals surface area (Å²) in [6, 6.07) is 7.10. The average Bonchev–Trinajstić information content (AvgIpc) is 3.49. The third-order valence-electron chi connectivity index (χ3n) is 7.23. The maximum atomic E-state index is 13.4. The zero-order valence-electron chi connectivity index (χ0n) is 20.4. The average molecular weight is 492 g/mol. The third kappa shape index (κ3) is 4.13. The fourth-order valence-corrected chi connectivity index (χ4v) is 5.47. The molecule has 3 atom stereocenters. The van der Waals surface area contributed by atoms with Crippen LogP contribution in [0.4, 0.5) is 11.5 Å². The molecule has 3 saturated heterocycles. The highest BCUT2D eigenvalue weighted by Gasteiger charge is 2.38. The van der Waals surface area contributed by atoms with E-state index in [2.05, 4.69) is 33.0 Å². The van der Waals surface area contributed by atoms with E-state index in [4.69, 9.17) is 4.74 Å². The smallest absolute Gasteiger partial charge is 0.354 e. The van der Waals surface area contributed by atoms with Crippen molar-refractivity contribution in [2.24, 2.45) is 5.92 Å². The third-order valence-corrected chi connectivity index (χ3v) is 7.23. The predicted octanol–water partition coefficient (Wildman–Crippen LogP) is 1.71. The van der Waals surface area contributed by atoms with Gasteiger partial charge in [0.25, 0.3) is 5.91 Å². The normalized spacial score (nSPS) is 23.9. The van der Waals surface area contributed by atoms with Crippen LogP contribution in [0.1, 0.15) is 40.0 Å². The van der Waals surface area contributed by atoms with Crippen molar-refractivity contribution in [3.63, 3.8) is 0 Å². The van der Waals surface area contributed by atoms with E-state index in [1.165, 1.54) is 12.5 Å². The fourth-order valence-electron chi connectivity index (χ4n) is 5.47. The van der Waals surface area contributed by atoms with Gasteiger partial charge in [-0.15, -0.1) is 5.10 Å². The Hall–Kier alpha value is -3.73. The van der Waals surface area contributed by atoms with E-state index in [9.17, 15) is 14.7 Å². The molecule has 2 bridgehead atoms. The van der Waals surface area contributed by atoms with E-state index in [0.29, 0.717) is 43.6 Å². The predicted molar refractivity (Wildman–Crippen MR) is 132 cm³/mol. The van der Waals surface area contributed by atoms with E-state index in [0.717, 1.165) is 24.3 Å². The Morgan fingerprint density at radius 3 is 2.53 bits per heavy atom. The summed E-state index contributed by atoms with van der Waals surface area (Å²) in [5.41, 5.74) is 2.80. The second-order valence-electron chi connectivity index (χ2n) is 10.1. The maximum Gasteiger partial charge on any atom is 0.354 e. The molecule has 3 unspecified atom stereocenters. The first-order chi connectivity index (χ1) is 17.3. The van der Waals surface area contributed by atoms with Gasteiger partial charge in [0.2, 0.25) is 5.82 Å². The van der Waals surface area contributed by atoms with Crippen LogP contribution in [0.25, 0.3) is 5.65 Å². The lowest BCUT2D eigenvalue weighted by atomic mass is 10.1. The highest BCUT2D eigenvalue weighted by Crippen LogP contribution is 2.27. The molecule has 3 aromatic heterocycles. The number of aromatic carboxylic acids is 1. The van der Waals surface area contributed by atoms with Crippen LogP contribution in [0.15, 0.2) is 30.5 Å². The maximum absolute atomic E-state index is 13.4. The number of ether oxygens (including phenoxy) is 1. The quantitative estimate of drug-likeness (QED) is 0.582. The molecule has 11 nitrogen and oxygen atoms in total. The molecule has 1 N–H and O–H groups in total. The molecule has 188 valence electrons. The van der Waals surface area contributed by atoms with Crippen molar-refractivity contribution >= 4 is 29.0 Å². The SMILES string of the molecule is Cc1cc(N2CCC(C)C2)cn2nc(C(=O)N3CC4CN(c5cccc(C(=O)O)n5)CC(C3)O4)nc12. The van der Waals surface area contributed by atoms with E-state index < -0.39 is 5.97 Å². The zero-order valence-corrected chi connectivity index (χ0v) is 20.4. The second-order valence-corrected chi connectivity index (χ2v) is 10.1. The number of pyridine rings is 2. The van der Waals surface area contributed by atoms with Gasteiger partial charge < -0.3 is 24.5 Å². The molecule has 3 fully saturated rings. The van der Waals surface area contributed by atoms with Crippen molar-refractivity contribution in [3.8, 4) is 0 Å². The van der Waals surface area contributed by atoms with Gasteiger partial charge in [0.15, 0.2) is 11.3 Å². The lowest BCUT2D eigenvalue weighted by Gasteiger charge is -2.45. The highest BCUT2D eigenvalue weighted by molar-refractivity contribution is 5.91. The number of carbonyl (C=O) groups is 2. The number of carbonyl (C=O) groups excluding carboxylic acids is 1. The van der Waals surface area contributed by atoms with Crippen molar-refractivity contribution in [1.29, 1.82) is 0 Å². The van der Waals surface area contributed by atoms with E-state index in [-0.39, 0.29) is 29.6 Å². The first-order valence-electron chi connectivity index (χ1n) is 12.4. The van der Waals surface area contributed by atoms with Gasteiger partial charge in [-0.05, 0) is 43.0 Å². The Bertz CT molecular complexity index is 1330. The van der Waals surface area contributed by atoms with Gasteiger partial charge in [0.1, 0.15) is 5.82 Å². The van der Waals surface area contributed by atoms with Gasteiger partial charge in [-0.2, -0.15) is 0 Å². The number of hydrogen-bond donors (Lipinski definition) is 1. The van der Waals surface area contributed by atoms with Gasteiger partial charge >= 0.3 is 5.97 Å². The molecule has 0 aromatic carbocycles. The minimum atomic E-state index is -1.06. The number of amides is 1. The van der Waals surface area contributed by atoms with Crippen LogP contribution in [0.3, 0.4) is 0 Å². The molecule has 0 aliphatic carbocycles. The number of aromatic nitrogens is 4. The summed E-state index contributed by atoms with van der Waals surface area (Å²) in [6.45, 7) is 8.18. The van der Waals surface area contributed by atoms with Crippen molar-refractivity contribution in [2.75, 3.05) is 49.1 Å². The lowest BCUT2D eigenvalue weighted by Crippen LogP contribution is -2.61. The standard InChI is InChI=1S/C25H29N7O4/c1-15-6-7-29(9-15)17-8-16(2)23-27-22(28-32(23)10-17)24(33)31-13-18-11-30(12-19(14-31)36-18)21-5-3-4-20(26-21)25(34)35/h3-5,8,10,15,18-19H,6-7,9,11-14H2,1-2H3,(H,34,35). The molecule has 3 aromatic rings. The largest absolute Gasteiger partial charge is 0.477 e. The number of fused-ring (bicyclic) bond motifs is 3. The number of aryl methyl sites for hydroxylation is 1. The number of anilines is 2. The number of nitrogens with zero attached hydrogens (tertiary/aromatic N) is 7. The van der Waals surface area contributed by atoms with Crippen molar-refractivity contribution in [3.05, 3.63) is 47.5 Å². The Balaban J connectivity index is 1.18. The summed E-state index contributed by atoms with van der Waals surface area (Å²) in [4.78, 5) is 39.7. The topological polar surface area (TPSA) is 116 Å². The molecular formula is C25H29N7O4. The number of carboxylic acids is 1. The summed E-state index contributed by atoms with van der Waals surface area (Å²) in [5.74, 6) is 0.209. The molecular weight excluding hydrogens is 462 g/mol. The van der Waals surface area contributed by atoms with Gasteiger partial charge in [-0.3, -0.25) is 4.79 Å². The molecule has 6 rings (SSSR count). The Labute approximate surface area is 208 Å². The molecule has 3 aliphatic rings. The number of rotatable bonds is 4. The first kappa shape index (κ1) is 22.7. The Morgan fingerprint density at radius 1 is 1.06 bits per heavy atom. The van der Waals surface area contributed by atoms with Gasteiger partial charge in [0, 0.05) is 39.3 Å². The summed E-state index contributed by atoms with van der Waals surface area (Å²) in [7, 11) is 0. The molecule has 0 radical (unpaired) electrons. The molecule has 36 heavy (non-hydrogen) atoms. The summed E-state index contributed by atoms with van der Waals surface area (Å²) in [5, 5.41) is 13.8. The van der Waals surface area contributed by atoms with Gasteiger partial charge in [0.05, 0.1) is 24.1 Å². The van der Waals surface area contributed by atoms with Gasteiger partial charge in [-0.25, -0.2) is 19.3 Å². The first-order valence-corrected chi connectivity index (χ1v) is 12.4. The fraction of sp³-hybridized carbons (Fsp3) is 0.480. The number of carboxylic acid groups (broad SMARTS) is 1. The molecule has 0 saturated carbocycles. The molecule has 11 heteroatoms. The minimum absolute atomic E-state index is 0.0107. The number of morpholine rings is 2. The second kappa shape index (κ2) is 8.74. The summed E-state index contributed by atoms with van der Waals surface area (Å²) in [6.07, 6.45) is 2.73. The Kier molecular flexibility index (Phi) is 5.51. The summed E-state index contributed by atoms with van der Waals surface area (Å²) < 4.78 is 7.82. The van der Waals surface area contributed by atoms with Crippen LogP contribution in [-0.4, -0.2) is 92.9 Å². The molecule has 0 spiro atoms. The van der Waals surface area contributed by atoms with E-state index in [1.807, 2.05) is 18.0 Å². The molecule has 1 amide bonds. The van der Waals surface area contributed by atoms with Crippen LogP contribution >= 0.6 is 0 Å². The number of hydrogen-bond acceptors (Lipinski definition) is 8. The Morgan fingerprint density at radius 2 is 1.83 bits per heavy atom. The van der Waals surface area contributed by atoms with Crippen molar-refractivity contribution in [2.45, 2.75) is 32.5 Å². The van der Waals surface area contributed by atoms with Crippen LogP contribution in [0.2, 0.25) is 0 Å². The molecule has 3 aliphatic heterocycles. The van der Waals surface area contributed by atoms with E-state index in [1.54, 1.807) is 21.5 Å². The van der Waals surface area contributed by atoms with E-state index >= 15 is 0 Å². The minimum Gasteiger partial charge on any atom is -0.477 e. The van der Waals surface area contributed by atoms with Crippen molar-refractivity contribution < 1.29 is 19.4 Å². The van der Waals surface area contributed by atoms with Crippen LogP contribution < -0.4 is 9.80 Å². The molecule has 6 heterocycles. The summed E-state index contributed by atoms with van der Waals surface area (Å²) >= 11 is 0. The lowest BCUT2D eigenvalue weighted by molar-refractivity contribution is -0.0849. The van der Waals surface area contributed by atoms with Gasteiger partial charge in [-0.1, -0.05) is 13.0 Å². The van der Waals surface area contributed by atoms with Crippen LogP contribution in [0, 0.1) is 12.8 Å². The monoisotopic (exact) mass is 491 g/mol. The van der Waals surface area contributed by atoms with Crippen LogP contribution in [0.5, 0.6) is 0 Å². The zero-order chi connectivity index (χ0) is 25.0. The highest BCUT2D eigenvalue weighted by atomic mass is 16.5.